The summed E-state index contributed by atoms with van der Waals surface area (Å²) in [6.07, 6.45) is 2.22. The van der Waals surface area contributed by atoms with Crippen LogP contribution in [0.15, 0.2) is 24.4 Å². The van der Waals surface area contributed by atoms with Gasteiger partial charge in [-0.05, 0) is 12.1 Å². The topological polar surface area (TPSA) is 54.0 Å². The van der Waals surface area contributed by atoms with Crippen LogP contribution in [0.1, 0.15) is 18.2 Å². The second-order valence-corrected chi connectivity index (χ2v) is 3.32. The van der Waals surface area contributed by atoms with E-state index in [0.717, 1.165) is 12.2 Å². The predicted molar refractivity (Wildman–Crippen MR) is 52.6 cm³/mol. The smallest absolute Gasteiger partial charge is 0.222 e. The third-order valence-corrected chi connectivity index (χ3v) is 2.27. The van der Waals surface area contributed by atoms with E-state index in [4.69, 9.17) is 0 Å². The number of hydrogen-bond donors (Lipinski definition) is 2. The van der Waals surface area contributed by atoms with Crippen LogP contribution in [0.2, 0.25) is 0 Å². The van der Waals surface area contributed by atoms with Crippen LogP contribution in [-0.2, 0) is 4.79 Å². The molecule has 0 bridgehead atoms. The van der Waals surface area contributed by atoms with Crippen molar-refractivity contribution in [1.29, 1.82) is 0 Å². The van der Waals surface area contributed by atoms with Gasteiger partial charge in [-0.3, -0.25) is 9.78 Å². The van der Waals surface area contributed by atoms with Crippen molar-refractivity contribution in [2.75, 3.05) is 13.1 Å². The molecule has 1 amide bonds. The van der Waals surface area contributed by atoms with Crippen molar-refractivity contribution in [3.8, 4) is 0 Å². The van der Waals surface area contributed by atoms with Gasteiger partial charge in [-0.15, -0.1) is 0 Å². The van der Waals surface area contributed by atoms with Crippen LogP contribution < -0.4 is 10.6 Å². The molecule has 4 heteroatoms. The molecule has 2 heterocycles. The Morgan fingerprint density at radius 3 is 3.07 bits per heavy atom. The molecular weight excluding hydrogens is 178 g/mol. The summed E-state index contributed by atoms with van der Waals surface area (Å²) in [6.45, 7) is 1.50. The van der Waals surface area contributed by atoms with Crippen LogP contribution in [0.25, 0.3) is 0 Å². The van der Waals surface area contributed by atoms with Crippen molar-refractivity contribution in [3.05, 3.63) is 30.1 Å². The molecule has 2 N–H and O–H groups in total. The van der Waals surface area contributed by atoms with E-state index in [1.165, 1.54) is 0 Å². The summed E-state index contributed by atoms with van der Waals surface area (Å²) in [5.41, 5.74) is 0.935. The van der Waals surface area contributed by atoms with Gasteiger partial charge in [0, 0.05) is 25.7 Å². The van der Waals surface area contributed by atoms with Gasteiger partial charge >= 0.3 is 0 Å². The Morgan fingerprint density at radius 2 is 2.29 bits per heavy atom. The summed E-state index contributed by atoms with van der Waals surface area (Å²) in [7, 11) is 0. The van der Waals surface area contributed by atoms with E-state index in [2.05, 4.69) is 15.6 Å². The van der Waals surface area contributed by atoms with Crippen molar-refractivity contribution < 1.29 is 4.79 Å². The lowest BCUT2D eigenvalue weighted by Crippen LogP contribution is -2.24. The fraction of sp³-hybridized carbons (Fsp3) is 0.400. The first-order valence-electron chi connectivity index (χ1n) is 4.77. The van der Waals surface area contributed by atoms with Crippen LogP contribution in [0.5, 0.6) is 0 Å². The zero-order valence-electron chi connectivity index (χ0n) is 7.86. The van der Waals surface area contributed by atoms with Crippen molar-refractivity contribution >= 4 is 5.91 Å². The summed E-state index contributed by atoms with van der Waals surface area (Å²) >= 11 is 0. The normalized spacial score (nSPS) is 22.6. The number of carbonyl (C=O) groups is 1. The van der Waals surface area contributed by atoms with Crippen LogP contribution in [0.3, 0.4) is 0 Å². The van der Waals surface area contributed by atoms with Gasteiger partial charge in [0.05, 0.1) is 11.7 Å². The van der Waals surface area contributed by atoms with Crippen LogP contribution in [-0.4, -0.2) is 24.0 Å². The molecule has 1 atom stereocenters. The SMILES string of the molecule is O=C1CC(c2ccccn2)NCCN1. The molecule has 1 aromatic heterocycles. The van der Waals surface area contributed by atoms with Gasteiger partial charge in [-0.2, -0.15) is 0 Å². The molecule has 1 aliphatic heterocycles. The molecule has 1 fully saturated rings. The summed E-state index contributed by atoms with van der Waals surface area (Å²) in [6, 6.07) is 5.81. The maximum atomic E-state index is 11.3. The highest BCUT2D eigenvalue weighted by atomic mass is 16.1. The monoisotopic (exact) mass is 191 g/mol. The van der Waals surface area contributed by atoms with Crippen molar-refractivity contribution in [2.45, 2.75) is 12.5 Å². The Labute approximate surface area is 82.7 Å². The minimum absolute atomic E-state index is 0.0544. The van der Waals surface area contributed by atoms with Gasteiger partial charge in [0.2, 0.25) is 5.91 Å². The Balaban J connectivity index is 2.13. The van der Waals surface area contributed by atoms with E-state index < -0.39 is 0 Å². The highest BCUT2D eigenvalue weighted by Crippen LogP contribution is 2.14. The lowest BCUT2D eigenvalue weighted by atomic mass is 10.1. The molecule has 1 aromatic rings. The number of aromatic nitrogens is 1. The molecule has 4 nitrogen and oxygen atoms in total. The summed E-state index contributed by atoms with van der Waals surface area (Å²) < 4.78 is 0. The van der Waals surface area contributed by atoms with Gasteiger partial charge in [0.1, 0.15) is 0 Å². The van der Waals surface area contributed by atoms with Gasteiger partial charge in [-0.25, -0.2) is 0 Å². The summed E-state index contributed by atoms with van der Waals surface area (Å²) in [5.74, 6) is 0.0886. The highest BCUT2D eigenvalue weighted by molar-refractivity contribution is 5.77. The predicted octanol–water partition coefficient (Wildman–Crippen LogP) is 0.232. The van der Waals surface area contributed by atoms with Gasteiger partial charge < -0.3 is 10.6 Å². The Kier molecular flexibility index (Phi) is 2.74. The van der Waals surface area contributed by atoms with E-state index in [1.54, 1.807) is 6.20 Å². The van der Waals surface area contributed by atoms with Crippen molar-refractivity contribution in [1.82, 2.24) is 15.6 Å². The second-order valence-electron chi connectivity index (χ2n) is 3.32. The number of rotatable bonds is 1. The lowest BCUT2D eigenvalue weighted by Gasteiger charge is -2.12. The first-order valence-corrected chi connectivity index (χ1v) is 4.77. The molecule has 0 aromatic carbocycles. The van der Waals surface area contributed by atoms with Crippen LogP contribution in [0, 0.1) is 0 Å². The van der Waals surface area contributed by atoms with Gasteiger partial charge in [0.25, 0.3) is 0 Å². The molecule has 0 spiro atoms. The Bertz CT molecular complexity index is 312. The quantitative estimate of drug-likeness (QED) is 0.668. The number of hydrogen-bond acceptors (Lipinski definition) is 3. The molecule has 74 valence electrons. The van der Waals surface area contributed by atoms with E-state index in [-0.39, 0.29) is 11.9 Å². The summed E-state index contributed by atoms with van der Waals surface area (Å²) in [5, 5.41) is 6.10. The standard InChI is InChI=1S/C10H13N3O/c14-10-7-9(12-5-6-13-10)8-3-1-2-4-11-8/h1-4,9,12H,5-7H2,(H,13,14). The number of nitrogens with one attached hydrogen (secondary N) is 2. The average Bonchev–Trinajstić information content (AvgIpc) is 2.44. The zero-order valence-corrected chi connectivity index (χ0v) is 7.86. The molecule has 0 radical (unpaired) electrons. The Hall–Kier alpha value is -1.42. The largest absolute Gasteiger partial charge is 0.355 e. The molecule has 1 saturated heterocycles. The molecule has 1 aliphatic rings. The number of pyridine rings is 1. The Morgan fingerprint density at radius 1 is 1.36 bits per heavy atom. The molecule has 0 aliphatic carbocycles. The van der Waals surface area contributed by atoms with Crippen molar-refractivity contribution in [3.63, 3.8) is 0 Å². The third kappa shape index (κ3) is 2.09. The van der Waals surface area contributed by atoms with Gasteiger partial charge in [-0.1, -0.05) is 6.07 Å². The first kappa shape index (κ1) is 9.15. The maximum absolute atomic E-state index is 11.3. The number of amides is 1. The van der Waals surface area contributed by atoms with E-state index in [1.807, 2.05) is 18.2 Å². The average molecular weight is 191 g/mol. The molecule has 0 saturated carbocycles. The lowest BCUT2D eigenvalue weighted by molar-refractivity contribution is -0.121. The molecule has 1 unspecified atom stereocenters. The maximum Gasteiger partial charge on any atom is 0.222 e. The minimum Gasteiger partial charge on any atom is -0.355 e. The van der Waals surface area contributed by atoms with E-state index >= 15 is 0 Å². The van der Waals surface area contributed by atoms with E-state index in [0.29, 0.717) is 13.0 Å². The third-order valence-electron chi connectivity index (χ3n) is 2.27. The number of carbonyl (C=O) groups excluding carboxylic acids is 1. The zero-order chi connectivity index (χ0) is 9.80. The number of nitrogens with zero attached hydrogens (tertiary/aromatic N) is 1. The first-order chi connectivity index (χ1) is 6.86. The second kappa shape index (κ2) is 4.19. The van der Waals surface area contributed by atoms with Crippen molar-refractivity contribution in [2.24, 2.45) is 0 Å². The van der Waals surface area contributed by atoms with Gasteiger partial charge in [0.15, 0.2) is 0 Å². The minimum atomic E-state index is 0.0544. The van der Waals surface area contributed by atoms with E-state index in [9.17, 15) is 4.79 Å². The fourth-order valence-electron chi connectivity index (χ4n) is 1.57. The molecular formula is C10H13N3O. The summed E-state index contributed by atoms with van der Waals surface area (Å²) in [4.78, 5) is 15.5. The fourth-order valence-corrected chi connectivity index (χ4v) is 1.57. The molecule has 2 rings (SSSR count). The van der Waals surface area contributed by atoms with Crippen LogP contribution in [0.4, 0.5) is 0 Å². The highest BCUT2D eigenvalue weighted by Gasteiger charge is 2.18. The molecule has 14 heavy (non-hydrogen) atoms. The van der Waals surface area contributed by atoms with Crippen LogP contribution >= 0.6 is 0 Å².